The number of hydrogen-bond donors (Lipinski definition) is 0. The highest BCUT2D eigenvalue weighted by molar-refractivity contribution is 7.99. The summed E-state index contributed by atoms with van der Waals surface area (Å²) in [4.78, 5) is 6.99. The summed E-state index contributed by atoms with van der Waals surface area (Å²) in [7, 11) is 2.17. The van der Waals surface area contributed by atoms with Crippen molar-refractivity contribution in [2.24, 2.45) is 0 Å². The van der Waals surface area contributed by atoms with Crippen molar-refractivity contribution >= 4 is 11.8 Å². The van der Waals surface area contributed by atoms with Gasteiger partial charge in [-0.2, -0.15) is 16.7 Å². The normalized spacial score (nSPS) is 25.3. The molecule has 19 heavy (non-hydrogen) atoms. The van der Waals surface area contributed by atoms with Gasteiger partial charge in [0.05, 0.1) is 6.54 Å². The molecule has 1 aliphatic heterocycles. The fourth-order valence-electron chi connectivity index (χ4n) is 3.07. The lowest BCUT2D eigenvalue weighted by Crippen LogP contribution is -2.31. The summed E-state index contributed by atoms with van der Waals surface area (Å²) < 4.78 is 5.47. The van der Waals surface area contributed by atoms with Crippen LogP contribution in [0.25, 0.3) is 0 Å². The Morgan fingerprint density at radius 3 is 2.84 bits per heavy atom. The van der Waals surface area contributed by atoms with Gasteiger partial charge in [-0.05, 0) is 32.1 Å². The van der Waals surface area contributed by atoms with E-state index in [1.807, 2.05) is 11.8 Å². The zero-order chi connectivity index (χ0) is 13.1. The lowest BCUT2D eigenvalue weighted by atomic mass is 9.89. The molecule has 0 radical (unpaired) electrons. The summed E-state index contributed by atoms with van der Waals surface area (Å²) >= 11 is 2.04. The van der Waals surface area contributed by atoms with Crippen molar-refractivity contribution in [3.63, 3.8) is 0 Å². The lowest BCUT2D eigenvalue weighted by molar-refractivity contribution is 0.243. The van der Waals surface area contributed by atoms with E-state index < -0.39 is 0 Å². The van der Waals surface area contributed by atoms with Crippen LogP contribution in [0.4, 0.5) is 0 Å². The van der Waals surface area contributed by atoms with Gasteiger partial charge >= 0.3 is 0 Å². The number of hydrogen-bond acceptors (Lipinski definition) is 5. The predicted octanol–water partition coefficient (Wildman–Crippen LogP) is 3.05. The number of nitrogens with zero attached hydrogens (tertiary/aromatic N) is 3. The third-order valence-corrected chi connectivity index (χ3v) is 5.50. The Kier molecular flexibility index (Phi) is 4.43. The van der Waals surface area contributed by atoms with Crippen molar-refractivity contribution < 1.29 is 4.52 Å². The van der Waals surface area contributed by atoms with Gasteiger partial charge in [0, 0.05) is 17.7 Å². The Labute approximate surface area is 119 Å². The molecule has 5 heteroatoms. The van der Waals surface area contributed by atoms with E-state index in [1.54, 1.807) is 0 Å². The van der Waals surface area contributed by atoms with Crippen molar-refractivity contribution in [3.05, 3.63) is 11.7 Å². The van der Waals surface area contributed by atoms with Crippen LogP contribution in [0.15, 0.2) is 4.52 Å². The zero-order valence-electron chi connectivity index (χ0n) is 11.7. The molecule has 0 unspecified atom stereocenters. The second kappa shape index (κ2) is 6.27. The Morgan fingerprint density at radius 1 is 1.26 bits per heavy atom. The molecule has 0 bridgehead atoms. The van der Waals surface area contributed by atoms with Gasteiger partial charge in [0.15, 0.2) is 5.82 Å². The first-order valence-electron chi connectivity index (χ1n) is 7.43. The summed E-state index contributed by atoms with van der Waals surface area (Å²) in [6, 6.07) is 0.682. The highest BCUT2D eigenvalue weighted by Gasteiger charge is 2.24. The van der Waals surface area contributed by atoms with Crippen LogP contribution in [0.3, 0.4) is 0 Å². The highest BCUT2D eigenvalue weighted by Crippen LogP contribution is 2.31. The minimum absolute atomic E-state index is 0.516. The fourth-order valence-corrected chi connectivity index (χ4v) is 4.37. The Bertz CT molecular complexity index is 397. The van der Waals surface area contributed by atoms with Gasteiger partial charge in [-0.3, -0.25) is 4.90 Å². The maximum Gasteiger partial charge on any atom is 0.229 e. The topological polar surface area (TPSA) is 42.2 Å². The van der Waals surface area contributed by atoms with Crippen molar-refractivity contribution in [2.75, 3.05) is 18.6 Å². The standard InChI is InChI=1S/C14H23N3OS/c1-17(12-7-8-19-10-12)9-13-15-14(18-16-13)11-5-3-2-4-6-11/h11-12H,2-10H2,1H3/t12-/m1/s1. The number of aromatic nitrogens is 2. The molecule has 0 N–H and O–H groups in total. The molecule has 1 aromatic rings. The molecule has 1 atom stereocenters. The molecule has 0 aromatic carbocycles. The van der Waals surface area contributed by atoms with Crippen LogP contribution in [-0.4, -0.2) is 39.6 Å². The molecule has 0 amide bonds. The van der Waals surface area contributed by atoms with Crippen LogP contribution in [0.1, 0.15) is 56.2 Å². The minimum atomic E-state index is 0.516. The molecule has 1 aromatic heterocycles. The van der Waals surface area contributed by atoms with E-state index in [-0.39, 0.29) is 0 Å². The van der Waals surface area contributed by atoms with Crippen LogP contribution < -0.4 is 0 Å². The van der Waals surface area contributed by atoms with E-state index in [9.17, 15) is 0 Å². The summed E-state index contributed by atoms with van der Waals surface area (Å²) in [6.45, 7) is 0.821. The quantitative estimate of drug-likeness (QED) is 0.848. The van der Waals surface area contributed by atoms with E-state index in [4.69, 9.17) is 4.52 Å². The summed E-state index contributed by atoms with van der Waals surface area (Å²) in [5, 5.41) is 4.17. The fraction of sp³-hybridized carbons (Fsp3) is 0.857. The van der Waals surface area contributed by atoms with Crippen LogP contribution in [0.2, 0.25) is 0 Å². The third-order valence-electron chi connectivity index (χ3n) is 4.36. The maximum absolute atomic E-state index is 5.47. The Morgan fingerprint density at radius 2 is 2.11 bits per heavy atom. The van der Waals surface area contributed by atoms with Crippen molar-refractivity contribution in [2.45, 2.75) is 57.0 Å². The van der Waals surface area contributed by atoms with E-state index in [1.165, 1.54) is 50.0 Å². The first-order chi connectivity index (χ1) is 9.33. The molecule has 4 nitrogen and oxygen atoms in total. The second-order valence-electron chi connectivity index (χ2n) is 5.82. The van der Waals surface area contributed by atoms with E-state index in [0.29, 0.717) is 12.0 Å². The highest BCUT2D eigenvalue weighted by atomic mass is 32.2. The molecule has 2 aliphatic rings. The molecule has 106 valence electrons. The molecule has 1 saturated heterocycles. The average Bonchev–Trinajstić information content (AvgIpc) is 3.11. The maximum atomic E-state index is 5.47. The van der Waals surface area contributed by atoms with E-state index in [0.717, 1.165) is 18.3 Å². The monoisotopic (exact) mass is 281 g/mol. The number of thioether (sulfide) groups is 1. The van der Waals surface area contributed by atoms with Crippen LogP contribution in [-0.2, 0) is 6.54 Å². The molecular weight excluding hydrogens is 258 g/mol. The molecular formula is C14H23N3OS. The third kappa shape index (κ3) is 3.31. The minimum Gasteiger partial charge on any atom is -0.339 e. The van der Waals surface area contributed by atoms with E-state index in [2.05, 4.69) is 22.1 Å². The summed E-state index contributed by atoms with van der Waals surface area (Å²) in [6.07, 6.45) is 7.70. The van der Waals surface area contributed by atoms with Gasteiger partial charge < -0.3 is 4.52 Å². The number of rotatable bonds is 4. The average molecular weight is 281 g/mol. The van der Waals surface area contributed by atoms with Gasteiger partial charge in [-0.15, -0.1) is 0 Å². The summed E-state index contributed by atoms with van der Waals surface area (Å²) in [5.74, 6) is 4.78. The van der Waals surface area contributed by atoms with Crippen molar-refractivity contribution in [3.8, 4) is 0 Å². The second-order valence-corrected chi connectivity index (χ2v) is 6.97. The molecule has 2 fully saturated rings. The zero-order valence-corrected chi connectivity index (χ0v) is 12.5. The largest absolute Gasteiger partial charge is 0.339 e. The Hall–Kier alpha value is -0.550. The molecule has 0 spiro atoms. The SMILES string of the molecule is CN(Cc1noc(C2CCCCC2)n1)[C@@H]1CCSC1. The van der Waals surface area contributed by atoms with Crippen molar-refractivity contribution in [1.82, 2.24) is 15.0 Å². The van der Waals surface area contributed by atoms with Crippen LogP contribution in [0.5, 0.6) is 0 Å². The molecule has 1 saturated carbocycles. The molecule has 3 rings (SSSR count). The first-order valence-corrected chi connectivity index (χ1v) is 8.59. The molecule has 1 aliphatic carbocycles. The smallest absolute Gasteiger partial charge is 0.229 e. The van der Waals surface area contributed by atoms with Gasteiger partial charge in [0.1, 0.15) is 0 Å². The molecule has 2 heterocycles. The lowest BCUT2D eigenvalue weighted by Gasteiger charge is -2.21. The van der Waals surface area contributed by atoms with Crippen LogP contribution >= 0.6 is 11.8 Å². The predicted molar refractivity (Wildman–Crippen MR) is 77.3 cm³/mol. The van der Waals surface area contributed by atoms with Gasteiger partial charge in [-0.25, -0.2) is 0 Å². The summed E-state index contributed by atoms with van der Waals surface area (Å²) in [5.41, 5.74) is 0. The first kappa shape index (κ1) is 13.4. The van der Waals surface area contributed by atoms with Crippen LogP contribution in [0, 0.1) is 0 Å². The van der Waals surface area contributed by atoms with Gasteiger partial charge in [-0.1, -0.05) is 24.4 Å². The van der Waals surface area contributed by atoms with Crippen molar-refractivity contribution in [1.29, 1.82) is 0 Å². The van der Waals surface area contributed by atoms with Gasteiger partial charge in [0.25, 0.3) is 0 Å². The Balaban J connectivity index is 1.57. The van der Waals surface area contributed by atoms with E-state index >= 15 is 0 Å². The van der Waals surface area contributed by atoms with Gasteiger partial charge in [0.2, 0.25) is 5.89 Å².